The van der Waals surface area contributed by atoms with Crippen LogP contribution in [0.1, 0.15) is 63.6 Å². The Bertz CT molecular complexity index is 454. The maximum atomic E-state index is 12.0. The number of rotatable bonds is 6. The summed E-state index contributed by atoms with van der Waals surface area (Å²) in [6.07, 6.45) is 5.79. The van der Waals surface area contributed by atoms with Gasteiger partial charge in [0.25, 0.3) is 0 Å². The van der Waals surface area contributed by atoms with Gasteiger partial charge in [-0.3, -0.25) is 0 Å². The Morgan fingerprint density at radius 1 is 1.48 bits per heavy atom. The maximum Gasteiger partial charge on any atom is 0.317 e. The second kappa shape index (κ2) is 7.43. The summed E-state index contributed by atoms with van der Waals surface area (Å²) in [6.45, 7) is 5.31. The molecular weight excluding hydrogens is 268 g/mol. The van der Waals surface area contributed by atoms with E-state index in [0.717, 1.165) is 25.2 Å². The van der Waals surface area contributed by atoms with Gasteiger partial charge in [0.1, 0.15) is 0 Å². The van der Waals surface area contributed by atoms with Gasteiger partial charge in [-0.05, 0) is 18.8 Å². The third-order valence-corrected chi connectivity index (χ3v) is 4.21. The summed E-state index contributed by atoms with van der Waals surface area (Å²) < 4.78 is 5.33. The number of amides is 2. The zero-order valence-corrected chi connectivity index (χ0v) is 13.3. The van der Waals surface area contributed by atoms with Crippen molar-refractivity contribution in [2.75, 3.05) is 13.6 Å². The van der Waals surface area contributed by atoms with Crippen molar-refractivity contribution >= 4 is 6.03 Å². The Hall–Kier alpha value is -1.59. The first-order valence-corrected chi connectivity index (χ1v) is 7.91. The minimum Gasteiger partial charge on any atom is -0.339 e. The molecule has 1 aliphatic carbocycles. The molecule has 2 rings (SSSR count). The highest BCUT2D eigenvalue weighted by Gasteiger charge is 2.23. The van der Waals surface area contributed by atoms with Gasteiger partial charge in [-0.15, -0.1) is 0 Å². The fourth-order valence-corrected chi connectivity index (χ4v) is 2.50. The van der Waals surface area contributed by atoms with Crippen LogP contribution in [0.2, 0.25) is 0 Å². The topological polar surface area (TPSA) is 71.3 Å². The van der Waals surface area contributed by atoms with Crippen LogP contribution < -0.4 is 5.32 Å². The summed E-state index contributed by atoms with van der Waals surface area (Å²) in [7, 11) is 1.75. The largest absolute Gasteiger partial charge is 0.339 e. The van der Waals surface area contributed by atoms with Gasteiger partial charge in [0.2, 0.25) is 5.89 Å². The van der Waals surface area contributed by atoms with E-state index in [9.17, 15) is 4.79 Å². The van der Waals surface area contributed by atoms with Crippen LogP contribution in [0.15, 0.2) is 4.52 Å². The molecule has 1 aliphatic rings. The summed E-state index contributed by atoms with van der Waals surface area (Å²) in [5, 5.41) is 6.90. The van der Waals surface area contributed by atoms with Crippen molar-refractivity contribution in [3.05, 3.63) is 11.7 Å². The average molecular weight is 294 g/mol. The SMILES string of the molecule is CCC(C)CNC(=O)N(C)Cc1noc(C2CCCC2)n1. The monoisotopic (exact) mass is 294 g/mol. The van der Waals surface area contributed by atoms with E-state index in [-0.39, 0.29) is 6.03 Å². The molecule has 0 spiro atoms. The molecule has 6 nitrogen and oxygen atoms in total. The smallest absolute Gasteiger partial charge is 0.317 e. The Morgan fingerprint density at radius 2 is 2.19 bits per heavy atom. The van der Waals surface area contributed by atoms with Crippen LogP contribution in [-0.4, -0.2) is 34.7 Å². The van der Waals surface area contributed by atoms with Crippen molar-refractivity contribution < 1.29 is 9.32 Å². The summed E-state index contributed by atoms with van der Waals surface area (Å²) in [5.41, 5.74) is 0. The first-order chi connectivity index (χ1) is 10.1. The highest BCUT2D eigenvalue weighted by molar-refractivity contribution is 5.73. The van der Waals surface area contributed by atoms with Crippen LogP contribution in [0.5, 0.6) is 0 Å². The van der Waals surface area contributed by atoms with Gasteiger partial charge in [-0.2, -0.15) is 4.98 Å². The Balaban J connectivity index is 1.81. The molecule has 0 bridgehead atoms. The van der Waals surface area contributed by atoms with Crippen molar-refractivity contribution in [1.82, 2.24) is 20.4 Å². The molecule has 0 radical (unpaired) electrons. The molecule has 1 saturated carbocycles. The van der Waals surface area contributed by atoms with Gasteiger partial charge in [0, 0.05) is 19.5 Å². The zero-order chi connectivity index (χ0) is 15.2. The molecule has 1 unspecified atom stereocenters. The van der Waals surface area contributed by atoms with E-state index in [0.29, 0.717) is 30.7 Å². The predicted molar refractivity (Wildman–Crippen MR) is 79.8 cm³/mol. The van der Waals surface area contributed by atoms with Crippen molar-refractivity contribution in [1.29, 1.82) is 0 Å². The summed E-state index contributed by atoms with van der Waals surface area (Å²) >= 11 is 0. The summed E-state index contributed by atoms with van der Waals surface area (Å²) in [6, 6.07) is -0.0949. The van der Waals surface area contributed by atoms with E-state index in [1.54, 1.807) is 11.9 Å². The van der Waals surface area contributed by atoms with Gasteiger partial charge in [-0.1, -0.05) is 38.3 Å². The molecule has 21 heavy (non-hydrogen) atoms. The Kier molecular flexibility index (Phi) is 5.59. The van der Waals surface area contributed by atoms with Crippen molar-refractivity contribution in [3.8, 4) is 0 Å². The molecule has 0 aliphatic heterocycles. The Labute approximate surface area is 126 Å². The van der Waals surface area contributed by atoms with Crippen LogP contribution >= 0.6 is 0 Å². The van der Waals surface area contributed by atoms with Crippen molar-refractivity contribution in [3.63, 3.8) is 0 Å². The standard InChI is InChI=1S/C15H26N4O2/c1-4-11(2)9-16-15(20)19(3)10-13-17-14(21-18-13)12-7-5-6-8-12/h11-12H,4-10H2,1-3H3,(H,16,20). The van der Waals surface area contributed by atoms with Gasteiger partial charge in [-0.25, -0.2) is 4.79 Å². The fourth-order valence-electron chi connectivity index (χ4n) is 2.50. The highest BCUT2D eigenvalue weighted by Crippen LogP contribution is 2.32. The van der Waals surface area contributed by atoms with E-state index in [4.69, 9.17) is 4.52 Å². The van der Waals surface area contributed by atoms with Gasteiger partial charge in [0.05, 0.1) is 6.54 Å². The molecule has 0 aromatic carbocycles. The number of hydrogen-bond acceptors (Lipinski definition) is 4. The van der Waals surface area contributed by atoms with Crippen molar-refractivity contribution in [2.45, 2.75) is 58.4 Å². The zero-order valence-electron chi connectivity index (χ0n) is 13.3. The lowest BCUT2D eigenvalue weighted by atomic mass is 10.1. The van der Waals surface area contributed by atoms with Crippen LogP contribution in [0, 0.1) is 5.92 Å². The normalized spacial score (nSPS) is 16.9. The molecule has 1 N–H and O–H groups in total. The van der Waals surface area contributed by atoms with E-state index in [2.05, 4.69) is 29.3 Å². The number of nitrogens with one attached hydrogen (secondary N) is 1. The molecule has 6 heteroatoms. The second-order valence-electron chi connectivity index (χ2n) is 6.09. The van der Waals surface area contributed by atoms with Gasteiger partial charge >= 0.3 is 6.03 Å². The molecule has 1 atom stereocenters. The number of carbonyl (C=O) groups is 1. The molecule has 1 aromatic heterocycles. The fraction of sp³-hybridized carbons (Fsp3) is 0.800. The number of aromatic nitrogens is 2. The minimum atomic E-state index is -0.0949. The minimum absolute atomic E-state index is 0.0949. The first kappa shape index (κ1) is 15.8. The van der Waals surface area contributed by atoms with Gasteiger partial charge < -0.3 is 14.7 Å². The number of urea groups is 1. The molecule has 118 valence electrons. The van der Waals surface area contributed by atoms with Crippen LogP contribution in [0.3, 0.4) is 0 Å². The maximum absolute atomic E-state index is 12.0. The number of hydrogen-bond donors (Lipinski definition) is 1. The second-order valence-corrected chi connectivity index (χ2v) is 6.09. The van der Waals surface area contributed by atoms with Crippen LogP contribution in [-0.2, 0) is 6.54 Å². The van der Waals surface area contributed by atoms with E-state index in [1.807, 2.05) is 0 Å². The van der Waals surface area contributed by atoms with Crippen molar-refractivity contribution in [2.24, 2.45) is 5.92 Å². The summed E-state index contributed by atoms with van der Waals surface area (Å²) in [5.74, 6) is 2.21. The molecule has 0 saturated heterocycles. The number of carbonyl (C=O) groups excluding carboxylic acids is 1. The lowest BCUT2D eigenvalue weighted by Crippen LogP contribution is -2.39. The first-order valence-electron chi connectivity index (χ1n) is 7.91. The van der Waals surface area contributed by atoms with E-state index >= 15 is 0 Å². The highest BCUT2D eigenvalue weighted by atomic mass is 16.5. The molecular formula is C15H26N4O2. The van der Waals surface area contributed by atoms with Crippen LogP contribution in [0.4, 0.5) is 4.79 Å². The average Bonchev–Trinajstić information content (AvgIpc) is 3.14. The molecule has 1 aromatic rings. The third kappa shape index (κ3) is 4.44. The lowest BCUT2D eigenvalue weighted by Gasteiger charge is -2.17. The quantitative estimate of drug-likeness (QED) is 0.875. The number of nitrogens with zero attached hydrogens (tertiary/aromatic N) is 3. The van der Waals surface area contributed by atoms with E-state index < -0.39 is 0 Å². The predicted octanol–water partition coefficient (Wildman–Crippen LogP) is 2.91. The van der Waals surface area contributed by atoms with E-state index in [1.165, 1.54) is 12.8 Å². The molecule has 2 amide bonds. The Morgan fingerprint density at radius 3 is 2.86 bits per heavy atom. The summed E-state index contributed by atoms with van der Waals surface area (Å²) in [4.78, 5) is 18.0. The molecule has 1 heterocycles. The van der Waals surface area contributed by atoms with Gasteiger partial charge in [0.15, 0.2) is 5.82 Å². The van der Waals surface area contributed by atoms with Crippen LogP contribution in [0.25, 0.3) is 0 Å². The lowest BCUT2D eigenvalue weighted by molar-refractivity contribution is 0.203. The third-order valence-electron chi connectivity index (χ3n) is 4.21. The molecule has 1 fully saturated rings.